The number of carboxylic acids is 6. The van der Waals surface area contributed by atoms with Gasteiger partial charge in [0.1, 0.15) is 17.1 Å². The Morgan fingerprint density at radius 3 is 0.639 bits per heavy atom. The zero-order chi connectivity index (χ0) is 105. The second-order valence-corrected chi connectivity index (χ2v) is 37.3. The standard InChI is InChI=1S/3C34H38N4O5.2C4H10N2O.Ga/c3*1-7-20-19(6)32-34(43)33-21(8-2)16(3)26(37-33)13-24-17(4)22(9-11-30(39)40)28(35-24)15-29-23(10-12-31(41)42)18(5)25(36-29)14-27(20)38-32;2*1-6(2)3-4(5)7;/h3*13-15,35-36,38H,7-12H2,1-6H3,(H,39,40)(H,41,42);2*3H2,1-2H3,(H2,5,7);/q;;;;;+3/p-3. The number of nitrogens with two attached hydrogens (primary N) is 2. The fourth-order valence-corrected chi connectivity index (χ4v) is 19.7. The number of hydrogen-bond acceptors (Lipinski definition) is 19. The van der Waals surface area contributed by atoms with Crippen LogP contribution in [0.5, 0.6) is 0 Å². The van der Waals surface area contributed by atoms with Crippen molar-refractivity contribution in [3.63, 3.8) is 0 Å². The minimum absolute atomic E-state index is 0. The van der Waals surface area contributed by atoms with Crippen molar-refractivity contribution in [3.05, 3.63) is 220 Å². The molecular weight excluding hydrogens is 1890 g/mol. The fraction of sp³-hybridized carbons (Fsp3) is 0.382. The maximum absolute atomic E-state index is 14.0. The van der Waals surface area contributed by atoms with E-state index in [4.69, 9.17) is 26.4 Å². The number of likely N-dealkylation sites (N-methyl/N-ethyl adjacent to an activating group) is 2. The topological polar surface area (TPSA) is 557 Å². The Bertz CT molecular complexity index is 7170. The Kier molecular flexibility index (Phi) is 36.9. The molecule has 12 aromatic rings. The van der Waals surface area contributed by atoms with Crippen molar-refractivity contribution in [3.8, 4) is 0 Å². The first-order valence-corrected chi connectivity index (χ1v) is 48.4. The normalized spacial score (nSPS) is 12.1. The molecule has 24 bridgehead atoms. The number of aromatic amines is 9. The first-order valence-electron chi connectivity index (χ1n) is 48.4. The summed E-state index contributed by atoms with van der Waals surface area (Å²) in [6.45, 7) is 36.3. The van der Waals surface area contributed by atoms with Crippen molar-refractivity contribution < 1.29 is 69.0 Å². The first kappa shape index (κ1) is 111. The van der Waals surface area contributed by atoms with E-state index in [-0.39, 0.29) is 106 Å². The number of nitrogens with one attached hydrogen (secondary N) is 9. The molecule has 12 aromatic heterocycles. The molecule has 0 saturated carbocycles. The number of hydrogen-bond donors (Lipinski definition) is 14. The average molecular weight is 2020 g/mol. The van der Waals surface area contributed by atoms with E-state index in [1.165, 1.54) is 0 Å². The zero-order valence-electron chi connectivity index (χ0n) is 86.4. The summed E-state index contributed by atoms with van der Waals surface area (Å²) in [5, 5.41) is 62.7. The minimum atomic E-state index is -1.14. The van der Waals surface area contributed by atoms with Gasteiger partial charge < -0.3 is 111 Å². The monoisotopic (exact) mass is 2020 g/mol. The molecule has 0 aliphatic carbocycles. The fourth-order valence-electron chi connectivity index (χ4n) is 19.7. The Morgan fingerprint density at radius 1 is 0.285 bits per heavy atom. The molecule has 756 valence electrons. The molecule has 15 rings (SSSR count). The largest absolute Gasteiger partial charge is 3.00 e. The number of primary amides is 2. The third kappa shape index (κ3) is 24.7. The van der Waals surface area contributed by atoms with Gasteiger partial charge in [0.15, 0.2) is 0 Å². The number of aliphatic carboxylic acids is 6. The number of fused-ring (bicyclic) bond motifs is 24. The summed E-state index contributed by atoms with van der Waals surface area (Å²) in [5.41, 5.74) is 47.3. The molecule has 33 nitrogen and oxygen atoms in total. The van der Waals surface area contributed by atoms with Gasteiger partial charge in [0.2, 0.25) is 28.1 Å². The molecule has 3 aliphatic heterocycles. The van der Waals surface area contributed by atoms with Crippen molar-refractivity contribution in [1.82, 2.24) is 69.6 Å². The van der Waals surface area contributed by atoms with Crippen molar-refractivity contribution >= 4 is 200 Å². The summed E-state index contributed by atoms with van der Waals surface area (Å²) in [7, 11) is 7.19. The number of amides is 2. The summed E-state index contributed by atoms with van der Waals surface area (Å²) in [6, 6.07) is 17.5. The second kappa shape index (κ2) is 47.6. The molecule has 0 aromatic carbocycles. The van der Waals surface area contributed by atoms with Crippen LogP contribution in [-0.4, -0.2) is 194 Å². The Hall–Kier alpha value is -14.5. The molecule has 2 amide bonds. The van der Waals surface area contributed by atoms with Gasteiger partial charge in [-0.3, -0.25) is 38.4 Å². The molecule has 0 unspecified atom stereocenters. The SMILES string of the molecule is CCC1=C(C)c2cc3[nH]c(cc4[nH]c(cc5[nH]c(c(C)c5CC)c(=O)c1n2)c(C)c4CCC(=O)O)c(CCC(=O)[O-])c3C.CCC1=C(C)c2cc3[nH]c(cc4[nH]c(cc5[nH]c(c(C)c5CC)c(=O)c1n2)c(C)c4CCC(=O)O)c(CCC(=O)[O-])c3C.CCC1=C(C)c2cc3[nH]c(cc4[nH]c(cc5[nH]c(c(C)c5CC)c(=O)c1n2)c(C)c4CCC(=O)O)c(CCC(=O)[O-])c3C.CN(C)CC(N)=O.CN(C)CC(N)=O.[Ga+3]. The van der Waals surface area contributed by atoms with Gasteiger partial charge in [-0.25, -0.2) is 15.0 Å². The van der Waals surface area contributed by atoms with Crippen molar-refractivity contribution in [2.24, 2.45) is 11.5 Å². The summed E-state index contributed by atoms with van der Waals surface area (Å²) in [5.74, 6) is -6.66. The molecular formula is C110H131GaN16O17. The van der Waals surface area contributed by atoms with Crippen LogP contribution in [0.25, 0.3) is 133 Å². The Labute approximate surface area is 846 Å². The van der Waals surface area contributed by atoms with Crippen LogP contribution in [0.2, 0.25) is 0 Å². The molecule has 0 radical (unpaired) electrons. The van der Waals surface area contributed by atoms with Gasteiger partial charge >= 0.3 is 37.7 Å². The van der Waals surface area contributed by atoms with Crippen molar-refractivity contribution in [1.29, 1.82) is 0 Å². The van der Waals surface area contributed by atoms with Crippen LogP contribution in [-0.2, 0) is 96.1 Å². The third-order valence-corrected chi connectivity index (χ3v) is 27.5. The van der Waals surface area contributed by atoms with E-state index in [1.807, 2.05) is 158 Å². The number of nitrogens with zero attached hydrogens (tertiary/aromatic N) is 5. The molecule has 16 N–H and O–H groups in total. The predicted octanol–water partition coefficient (Wildman–Crippen LogP) is 13.9. The zero-order valence-corrected chi connectivity index (χ0v) is 88.8. The average Bonchev–Trinajstić information content (AvgIpc) is 1.61. The number of aryl methyl sites for hydroxylation is 18. The number of carbonyl (C=O) groups excluding carboxylic acids is 5. The van der Waals surface area contributed by atoms with Crippen LogP contribution in [0.15, 0.2) is 69.0 Å². The smallest absolute Gasteiger partial charge is 0.550 e. The van der Waals surface area contributed by atoms with E-state index in [0.29, 0.717) is 122 Å². The maximum atomic E-state index is 14.0. The van der Waals surface area contributed by atoms with Gasteiger partial charge in [0, 0.05) is 120 Å². The van der Waals surface area contributed by atoms with Crippen LogP contribution >= 0.6 is 0 Å². The molecule has 0 fully saturated rings. The predicted molar refractivity (Wildman–Crippen MR) is 566 cm³/mol. The van der Waals surface area contributed by atoms with Gasteiger partial charge in [0.05, 0.1) is 46.7 Å². The molecule has 0 atom stereocenters. The van der Waals surface area contributed by atoms with Gasteiger partial charge in [-0.05, 0) is 396 Å². The van der Waals surface area contributed by atoms with Crippen LogP contribution in [0.1, 0.15) is 254 Å². The van der Waals surface area contributed by atoms with Crippen molar-refractivity contribution in [2.45, 2.75) is 240 Å². The van der Waals surface area contributed by atoms with E-state index >= 15 is 0 Å². The number of rotatable bonds is 28. The van der Waals surface area contributed by atoms with E-state index < -0.39 is 35.8 Å². The molecule has 0 saturated heterocycles. The summed E-state index contributed by atoms with van der Waals surface area (Å²) < 4.78 is 0. The van der Waals surface area contributed by atoms with Crippen LogP contribution < -0.4 is 43.1 Å². The number of aromatic nitrogens is 12. The second-order valence-electron chi connectivity index (χ2n) is 37.3. The van der Waals surface area contributed by atoms with Crippen LogP contribution in [0, 0.1) is 62.3 Å². The number of allylic oxidation sites excluding steroid dienone is 6. The Balaban J connectivity index is 0.000000206. The summed E-state index contributed by atoms with van der Waals surface area (Å²) in [6.07, 6.45) is 5.27. The van der Waals surface area contributed by atoms with Gasteiger partial charge in [-0.1, -0.05) is 41.5 Å². The first-order chi connectivity index (χ1) is 67.6. The number of carboxylic acid groups (broad SMARTS) is 6. The van der Waals surface area contributed by atoms with E-state index in [2.05, 4.69) is 65.6 Å². The molecule has 34 heteroatoms. The maximum Gasteiger partial charge on any atom is 3.00 e. The van der Waals surface area contributed by atoms with Crippen LogP contribution in [0.3, 0.4) is 0 Å². The number of H-pyrrole nitrogens is 9. The molecule has 0 spiro atoms. The molecule has 3 aliphatic rings. The quantitative estimate of drug-likeness (QED) is 0.0203. The molecule has 15 heterocycles. The van der Waals surface area contributed by atoms with Gasteiger partial charge in [-0.15, -0.1) is 0 Å². The Morgan fingerprint density at radius 2 is 0.472 bits per heavy atom. The van der Waals surface area contributed by atoms with Gasteiger partial charge in [-0.2, -0.15) is 0 Å². The minimum Gasteiger partial charge on any atom is -0.550 e. The van der Waals surface area contributed by atoms with E-state index in [9.17, 15) is 83.4 Å². The summed E-state index contributed by atoms with van der Waals surface area (Å²) in [4.78, 5) is 180. The van der Waals surface area contributed by atoms with Crippen LogP contribution in [0.4, 0.5) is 0 Å². The third-order valence-electron chi connectivity index (χ3n) is 27.5. The number of carbonyl (C=O) groups is 8. The van der Waals surface area contributed by atoms with Gasteiger partial charge in [0.25, 0.3) is 0 Å². The van der Waals surface area contributed by atoms with Crippen molar-refractivity contribution in [2.75, 3.05) is 41.3 Å². The van der Waals surface area contributed by atoms with E-state index in [1.54, 1.807) is 38.0 Å². The molecule has 144 heavy (non-hydrogen) atoms. The summed E-state index contributed by atoms with van der Waals surface area (Å²) >= 11 is 0. The van der Waals surface area contributed by atoms with E-state index in [0.717, 1.165) is 216 Å².